The monoisotopic (exact) mass is 400 g/mol. The molecule has 110 valence electrons. The van der Waals surface area contributed by atoms with Crippen LogP contribution >= 0.6 is 0 Å². The van der Waals surface area contributed by atoms with Gasteiger partial charge >= 0.3 is 133 Å². The topological polar surface area (TPSA) is 77.3 Å². The summed E-state index contributed by atoms with van der Waals surface area (Å²) in [7, 11) is 0. The Morgan fingerprint density at radius 1 is 0.727 bits per heavy atom. The van der Waals surface area contributed by atoms with Gasteiger partial charge in [-0.3, -0.25) is 0 Å². The maximum absolute atomic E-state index is 4.45. The number of rotatable bonds is 3. The van der Waals surface area contributed by atoms with Crippen LogP contribution in [0.15, 0.2) is 42.7 Å². The van der Waals surface area contributed by atoms with Gasteiger partial charge in [-0.1, -0.05) is 0 Å². The molecule has 0 saturated carbocycles. The van der Waals surface area contributed by atoms with E-state index in [4.69, 9.17) is 0 Å². The van der Waals surface area contributed by atoms with Crippen molar-refractivity contribution in [3.8, 4) is 23.0 Å². The van der Waals surface area contributed by atoms with Crippen LogP contribution in [0, 0.1) is 0 Å². The first-order valence-electron chi connectivity index (χ1n) is 7.00. The zero-order valence-electron chi connectivity index (χ0n) is 12.7. The Bertz CT molecular complexity index is 751. The fourth-order valence-corrected chi connectivity index (χ4v) is 4.85. The predicted octanol–water partition coefficient (Wildman–Crippen LogP) is 1.94. The van der Waals surface area contributed by atoms with Gasteiger partial charge in [0, 0.05) is 0 Å². The van der Waals surface area contributed by atoms with Crippen molar-refractivity contribution in [3.63, 3.8) is 0 Å². The summed E-state index contributed by atoms with van der Waals surface area (Å²) in [5.41, 5.74) is 1.34. The molecule has 0 aliphatic rings. The minimum atomic E-state index is -2.08. The van der Waals surface area contributed by atoms with E-state index in [1.54, 1.807) is 6.20 Å². The van der Waals surface area contributed by atoms with Crippen LogP contribution in [0.25, 0.3) is 23.0 Å². The van der Waals surface area contributed by atoms with Crippen molar-refractivity contribution < 1.29 is 0 Å². The van der Waals surface area contributed by atoms with Gasteiger partial charge in [-0.05, 0) is 0 Å². The third-order valence-electron chi connectivity index (χ3n) is 3.23. The molecule has 0 aliphatic carbocycles. The van der Waals surface area contributed by atoms with Crippen molar-refractivity contribution >= 4 is 22.0 Å². The molecule has 7 heteroatoms. The second kappa shape index (κ2) is 6.04. The minimum absolute atomic E-state index is 0.409. The maximum atomic E-state index is 4.45. The van der Waals surface area contributed by atoms with Gasteiger partial charge in [0.1, 0.15) is 0 Å². The summed E-state index contributed by atoms with van der Waals surface area (Å²) in [6.07, 6.45) is 3.62. The Labute approximate surface area is 133 Å². The van der Waals surface area contributed by atoms with Crippen molar-refractivity contribution in [3.05, 3.63) is 42.7 Å². The van der Waals surface area contributed by atoms with Gasteiger partial charge in [-0.25, -0.2) is 0 Å². The zero-order valence-corrected chi connectivity index (χ0v) is 15.6. The average Bonchev–Trinajstić information content (AvgIpc) is 2.55. The molecule has 0 amide bonds. The van der Waals surface area contributed by atoms with E-state index in [0.717, 1.165) is 0 Å². The summed E-state index contributed by atoms with van der Waals surface area (Å²) >= 11 is -2.08. The Kier molecular flexibility index (Phi) is 4.10. The van der Waals surface area contributed by atoms with Crippen molar-refractivity contribution in [1.82, 2.24) is 30.4 Å². The normalized spacial score (nSPS) is 11.4. The summed E-state index contributed by atoms with van der Waals surface area (Å²) in [6, 6.07) is 9.59. The zero-order chi connectivity index (χ0) is 15.6. The Hall–Kier alpha value is -1.96. The van der Waals surface area contributed by atoms with Gasteiger partial charge in [0.05, 0.1) is 0 Å². The van der Waals surface area contributed by atoms with E-state index in [1.165, 1.54) is 3.58 Å². The molecule has 0 atom stereocenters. The molecule has 3 aromatic heterocycles. The molecule has 22 heavy (non-hydrogen) atoms. The number of nitrogens with zero attached hydrogens (tertiary/aromatic N) is 6. The van der Waals surface area contributed by atoms with Crippen molar-refractivity contribution in [2.45, 2.75) is 14.8 Å². The van der Waals surface area contributed by atoms with E-state index in [0.29, 0.717) is 23.0 Å². The van der Waals surface area contributed by atoms with Gasteiger partial charge in [-0.15, -0.1) is 0 Å². The molecule has 3 heterocycles. The first-order valence-corrected chi connectivity index (χ1v) is 17.0. The molecule has 0 aliphatic heterocycles. The summed E-state index contributed by atoms with van der Waals surface area (Å²) in [5.74, 6) is 0.835. The van der Waals surface area contributed by atoms with Crippen LogP contribution in [0.2, 0.25) is 14.8 Å². The number of hydrogen-bond acceptors (Lipinski definition) is 6. The molecule has 6 nitrogen and oxygen atoms in total. The molecule has 0 unspecified atom stereocenters. The van der Waals surface area contributed by atoms with E-state index in [1.807, 2.05) is 30.5 Å². The van der Waals surface area contributed by atoms with E-state index >= 15 is 0 Å². The second-order valence-electron chi connectivity index (χ2n) is 5.94. The van der Waals surface area contributed by atoms with E-state index in [-0.39, 0.29) is 0 Å². The van der Waals surface area contributed by atoms with Crippen molar-refractivity contribution in [2.75, 3.05) is 0 Å². The molecular weight excluding hydrogens is 383 g/mol. The predicted molar refractivity (Wildman–Crippen MR) is 87.1 cm³/mol. The van der Waals surface area contributed by atoms with Crippen LogP contribution in [-0.4, -0.2) is 48.7 Å². The third-order valence-corrected chi connectivity index (χ3v) is 9.02. The Balaban J connectivity index is 1.87. The number of hydrogen-bond donors (Lipinski definition) is 0. The van der Waals surface area contributed by atoms with Crippen LogP contribution in [0.1, 0.15) is 0 Å². The first kappa shape index (κ1) is 15.0. The average molecular weight is 399 g/mol. The molecule has 0 saturated heterocycles. The molecular formula is C15H16N6Sn. The summed E-state index contributed by atoms with van der Waals surface area (Å²) in [4.78, 5) is 15.7. The van der Waals surface area contributed by atoms with E-state index in [2.05, 4.69) is 51.2 Å². The van der Waals surface area contributed by atoms with Crippen LogP contribution < -0.4 is 3.58 Å². The quantitative estimate of drug-likeness (QED) is 0.627. The molecule has 0 radical (unpaired) electrons. The fourth-order valence-electron chi connectivity index (χ4n) is 1.90. The van der Waals surface area contributed by atoms with Crippen molar-refractivity contribution in [1.29, 1.82) is 0 Å². The fraction of sp³-hybridized carbons (Fsp3) is 0.200. The molecule has 0 aromatic carbocycles. The van der Waals surface area contributed by atoms with Crippen LogP contribution in [0.5, 0.6) is 0 Å². The van der Waals surface area contributed by atoms with E-state index in [9.17, 15) is 0 Å². The number of aromatic nitrogens is 6. The standard InChI is InChI=1S/C12H7N6.3CH3.Sn/c1-3-7-13-9(5-1)11-15-17-12(18-16-11)10-6-2-4-8-14-10;;;;/h1-3,5-8H;3*1H3;. The molecule has 0 spiro atoms. The number of pyridine rings is 2. The molecule has 3 aromatic rings. The summed E-state index contributed by atoms with van der Waals surface area (Å²) in [6.45, 7) is 0. The molecule has 0 N–H and O–H groups in total. The van der Waals surface area contributed by atoms with Gasteiger partial charge in [-0.2, -0.15) is 0 Å². The van der Waals surface area contributed by atoms with Crippen LogP contribution in [-0.2, 0) is 0 Å². The molecule has 0 fully saturated rings. The van der Waals surface area contributed by atoms with Gasteiger partial charge in [0.25, 0.3) is 0 Å². The SMILES string of the molecule is [CH3][Sn]([CH3])([CH3])[c]1ccc(-c2nnc(-c3ccccn3)nn2)nc1. The molecule has 0 bridgehead atoms. The summed E-state index contributed by atoms with van der Waals surface area (Å²) in [5, 5.41) is 16.4. The summed E-state index contributed by atoms with van der Waals surface area (Å²) < 4.78 is 1.36. The van der Waals surface area contributed by atoms with Crippen LogP contribution in [0.3, 0.4) is 0 Å². The third kappa shape index (κ3) is 3.27. The van der Waals surface area contributed by atoms with Gasteiger partial charge < -0.3 is 0 Å². The second-order valence-corrected chi connectivity index (χ2v) is 20.4. The van der Waals surface area contributed by atoms with Gasteiger partial charge in [0.2, 0.25) is 0 Å². The van der Waals surface area contributed by atoms with E-state index < -0.39 is 18.4 Å². The Morgan fingerprint density at radius 3 is 1.82 bits per heavy atom. The van der Waals surface area contributed by atoms with Crippen molar-refractivity contribution in [2.24, 2.45) is 0 Å². The first-order chi connectivity index (χ1) is 10.5. The van der Waals surface area contributed by atoms with Crippen LogP contribution in [0.4, 0.5) is 0 Å². The Morgan fingerprint density at radius 2 is 1.36 bits per heavy atom. The van der Waals surface area contributed by atoms with Gasteiger partial charge in [0.15, 0.2) is 0 Å². The molecule has 3 rings (SSSR count).